The Morgan fingerprint density at radius 1 is 1.53 bits per heavy atom. The molecular weight excluding hydrogens is 221 g/mol. The third-order valence-corrected chi connectivity index (χ3v) is 1.81. The summed E-state index contributed by atoms with van der Waals surface area (Å²) in [5.41, 5.74) is -0.540. The topological polar surface area (TPSA) is 43.1 Å². The maximum atomic E-state index is 13.4. The molecule has 0 bridgehead atoms. The van der Waals surface area contributed by atoms with E-state index in [2.05, 4.69) is 11.8 Å². The summed E-state index contributed by atoms with van der Waals surface area (Å²) in [7, 11) is 0. The number of nitrogens with zero attached hydrogens (tertiary/aromatic N) is 1. The minimum atomic E-state index is -0.899. The van der Waals surface area contributed by atoms with Gasteiger partial charge in [-0.05, 0) is 6.07 Å². The molecule has 1 aromatic carbocycles. The molecule has 0 unspecified atom stereocenters. The van der Waals surface area contributed by atoms with E-state index < -0.39 is 16.4 Å². The predicted octanol–water partition coefficient (Wildman–Crippen LogP) is 2.71. The van der Waals surface area contributed by atoms with Crippen LogP contribution in [0.15, 0.2) is 18.2 Å². The Morgan fingerprint density at radius 2 is 2.27 bits per heavy atom. The van der Waals surface area contributed by atoms with Gasteiger partial charge in [-0.2, -0.15) is 4.39 Å². The average Bonchev–Trinajstić information content (AvgIpc) is 2.20. The molecule has 0 aliphatic rings. The van der Waals surface area contributed by atoms with Gasteiger partial charge < -0.3 is 0 Å². The zero-order chi connectivity index (χ0) is 11.3. The van der Waals surface area contributed by atoms with Crippen molar-refractivity contribution in [1.82, 2.24) is 0 Å². The molecule has 0 N–H and O–H groups in total. The lowest BCUT2D eigenvalue weighted by Gasteiger charge is -1.95. The molecule has 0 aliphatic carbocycles. The van der Waals surface area contributed by atoms with Gasteiger partial charge in [0.2, 0.25) is 5.82 Å². The highest BCUT2D eigenvalue weighted by atomic mass is 35.5. The maximum Gasteiger partial charge on any atom is 0.306 e. The van der Waals surface area contributed by atoms with E-state index in [0.29, 0.717) is 12.3 Å². The van der Waals surface area contributed by atoms with Crippen molar-refractivity contribution in [2.24, 2.45) is 0 Å². The van der Waals surface area contributed by atoms with E-state index in [9.17, 15) is 14.5 Å². The summed E-state index contributed by atoms with van der Waals surface area (Å²) in [6.45, 7) is 0. The van der Waals surface area contributed by atoms with Crippen molar-refractivity contribution in [2.75, 3.05) is 5.88 Å². The minimum Gasteiger partial charge on any atom is -0.258 e. The van der Waals surface area contributed by atoms with E-state index in [-0.39, 0.29) is 5.56 Å². The molecule has 0 atom stereocenters. The third-order valence-electron chi connectivity index (χ3n) is 1.62. The van der Waals surface area contributed by atoms with Crippen molar-refractivity contribution in [3.8, 4) is 11.8 Å². The molecule has 5 heteroatoms. The summed E-state index contributed by atoms with van der Waals surface area (Å²) < 4.78 is 13.4. The normalized spacial score (nSPS) is 9.20. The number of hydrogen-bond donors (Lipinski definition) is 0. The summed E-state index contributed by atoms with van der Waals surface area (Å²) in [5.74, 6) is 4.56. The summed E-state index contributed by atoms with van der Waals surface area (Å²) in [4.78, 5) is 9.62. The molecule has 78 valence electrons. The summed E-state index contributed by atoms with van der Waals surface area (Å²) in [5, 5.41) is 10.4. The maximum absolute atomic E-state index is 13.4. The molecule has 0 heterocycles. The highest BCUT2D eigenvalue weighted by Gasteiger charge is 2.15. The second kappa shape index (κ2) is 5.32. The van der Waals surface area contributed by atoms with Gasteiger partial charge in [-0.25, -0.2) is 0 Å². The van der Waals surface area contributed by atoms with E-state index in [1.807, 2.05) is 0 Å². The Morgan fingerprint density at radius 3 is 2.87 bits per heavy atom. The van der Waals surface area contributed by atoms with Crippen LogP contribution in [0.3, 0.4) is 0 Å². The predicted molar refractivity (Wildman–Crippen MR) is 55.3 cm³/mol. The molecule has 0 saturated carbocycles. The van der Waals surface area contributed by atoms with Crippen molar-refractivity contribution in [1.29, 1.82) is 0 Å². The van der Waals surface area contributed by atoms with Crippen molar-refractivity contribution >= 4 is 17.3 Å². The van der Waals surface area contributed by atoms with Crippen LogP contribution in [0.1, 0.15) is 12.0 Å². The van der Waals surface area contributed by atoms with Crippen LogP contribution >= 0.6 is 11.6 Å². The van der Waals surface area contributed by atoms with Gasteiger partial charge in [-0.3, -0.25) is 10.1 Å². The summed E-state index contributed by atoms with van der Waals surface area (Å²) >= 11 is 5.38. The van der Waals surface area contributed by atoms with Crippen LogP contribution in [0.5, 0.6) is 0 Å². The number of nitro groups is 1. The second-order valence-corrected chi connectivity index (χ2v) is 3.01. The van der Waals surface area contributed by atoms with Gasteiger partial charge in [-0.1, -0.05) is 17.9 Å². The van der Waals surface area contributed by atoms with Crippen LogP contribution in [0, 0.1) is 27.8 Å². The quantitative estimate of drug-likeness (QED) is 0.337. The second-order valence-electron chi connectivity index (χ2n) is 2.64. The third kappa shape index (κ3) is 2.93. The largest absolute Gasteiger partial charge is 0.306 e. The van der Waals surface area contributed by atoms with Gasteiger partial charge in [-0.15, -0.1) is 11.6 Å². The van der Waals surface area contributed by atoms with Gasteiger partial charge in [0.25, 0.3) is 0 Å². The first kappa shape index (κ1) is 11.5. The fraction of sp³-hybridized carbons (Fsp3) is 0.200. The van der Waals surface area contributed by atoms with Gasteiger partial charge >= 0.3 is 5.69 Å². The monoisotopic (exact) mass is 227 g/mol. The van der Waals surface area contributed by atoms with Crippen LogP contribution in [0.2, 0.25) is 0 Å². The first-order chi connectivity index (χ1) is 7.16. The fourth-order valence-corrected chi connectivity index (χ4v) is 1.06. The Bertz CT molecular complexity index is 437. The number of benzene rings is 1. The molecule has 1 aromatic rings. The van der Waals surface area contributed by atoms with Gasteiger partial charge in [0, 0.05) is 18.4 Å². The molecule has 1 rings (SSSR count). The minimum absolute atomic E-state index is 0.0225. The molecule has 0 aliphatic heterocycles. The molecule has 0 radical (unpaired) electrons. The molecule has 0 saturated heterocycles. The van der Waals surface area contributed by atoms with Crippen molar-refractivity contribution in [2.45, 2.75) is 6.42 Å². The Balaban J connectivity index is 3.06. The van der Waals surface area contributed by atoms with Crippen LogP contribution in [0.4, 0.5) is 10.1 Å². The zero-order valence-electron chi connectivity index (χ0n) is 7.67. The van der Waals surface area contributed by atoms with Crippen molar-refractivity contribution in [3.63, 3.8) is 0 Å². The number of rotatable bonds is 2. The molecule has 0 aromatic heterocycles. The molecular formula is C10H7ClFNO2. The van der Waals surface area contributed by atoms with Crippen LogP contribution in [-0.4, -0.2) is 10.8 Å². The van der Waals surface area contributed by atoms with Gasteiger partial charge in [0.1, 0.15) is 0 Å². The van der Waals surface area contributed by atoms with Gasteiger partial charge in [0.15, 0.2) is 0 Å². The SMILES string of the molecule is O=[N+]([O-])c1cccc(C#CCCCl)c1F. The van der Waals surface area contributed by atoms with E-state index >= 15 is 0 Å². The Kier molecular flexibility index (Phi) is 4.07. The molecule has 3 nitrogen and oxygen atoms in total. The molecule has 15 heavy (non-hydrogen) atoms. The molecule has 0 spiro atoms. The van der Waals surface area contributed by atoms with E-state index in [4.69, 9.17) is 11.6 Å². The average molecular weight is 228 g/mol. The summed E-state index contributed by atoms with van der Waals surface area (Å²) in [6, 6.07) is 3.89. The molecule has 0 fully saturated rings. The van der Waals surface area contributed by atoms with Gasteiger partial charge in [0.05, 0.1) is 10.5 Å². The first-order valence-corrected chi connectivity index (χ1v) is 4.68. The highest BCUT2D eigenvalue weighted by Crippen LogP contribution is 2.19. The van der Waals surface area contributed by atoms with E-state index in [1.54, 1.807) is 0 Å². The lowest BCUT2D eigenvalue weighted by molar-refractivity contribution is -0.387. The smallest absolute Gasteiger partial charge is 0.258 e. The number of halogens is 2. The first-order valence-electron chi connectivity index (χ1n) is 4.14. The lowest BCUT2D eigenvalue weighted by Crippen LogP contribution is -1.94. The van der Waals surface area contributed by atoms with Crippen molar-refractivity contribution < 1.29 is 9.31 Å². The van der Waals surface area contributed by atoms with Crippen molar-refractivity contribution in [3.05, 3.63) is 39.7 Å². The Labute approximate surface area is 91.0 Å². The number of hydrogen-bond acceptors (Lipinski definition) is 2. The highest BCUT2D eigenvalue weighted by molar-refractivity contribution is 6.18. The summed E-state index contributed by atoms with van der Waals surface area (Å²) in [6.07, 6.45) is 0.420. The fourth-order valence-electron chi connectivity index (χ4n) is 0.962. The van der Waals surface area contributed by atoms with Crippen LogP contribution in [0.25, 0.3) is 0 Å². The number of nitro benzene ring substituents is 1. The van der Waals surface area contributed by atoms with E-state index in [1.165, 1.54) is 12.1 Å². The van der Waals surface area contributed by atoms with E-state index in [0.717, 1.165) is 6.07 Å². The van der Waals surface area contributed by atoms with Crippen LogP contribution in [-0.2, 0) is 0 Å². The Hall–Kier alpha value is -1.60. The lowest BCUT2D eigenvalue weighted by atomic mass is 10.2. The standard InChI is InChI=1S/C10H7ClFNO2/c11-7-2-1-4-8-5-3-6-9(10(8)12)13(14)15/h3,5-6H,2,7H2. The number of alkyl halides is 1. The molecule has 0 amide bonds. The zero-order valence-corrected chi connectivity index (χ0v) is 8.42. The van der Waals surface area contributed by atoms with Crippen LogP contribution < -0.4 is 0 Å².